The van der Waals surface area contributed by atoms with Gasteiger partial charge in [0.25, 0.3) is 0 Å². The van der Waals surface area contributed by atoms with Crippen LogP contribution in [-0.2, 0) is 24.3 Å². The van der Waals surface area contributed by atoms with E-state index in [9.17, 15) is 4.79 Å². The van der Waals surface area contributed by atoms with Gasteiger partial charge in [0.1, 0.15) is 6.33 Å². The van der Waals surface area contributed by atoms with Crippen LogP contribution < -0.4 is 5.32 Å². The van der Waals surface area contributed by atoms with E-state index in [0.29, 0.717) is 19.5 Å². The summed E-state index contributed by atoms with van der Waals surface area (Å²) in [5, 5.41) is 16.1. The molecule has 1 amide bonds. The summed E-state index contributed by atoms with van der Waals surface area (Å²) in [5.41, 5.74) is 4.98. The van der Waals surface area contributed by atoms with Crippen molar-refractivity contribution in [2.24, 2.45) is 0 Å². The summed E-state index contributed by atoms with van der Waals surface area (Å²) in [6.07, 6.45) is 4.09. The van der Waals surface area contributed by atoms with E-state index >= 15 is 0 Å². The number of benzene rings is 1. The van der Waals surface area contributed by atoms with Gasteiger partial charge in [-0.3, -0.25) is 4.79 Å². The Bertz CT molecular complexity index is 935. The normalized spacial score (nSPS) is 14.3. The van der Waals surface area contributed by atoms with Crippen molar-refractivity contribution in [1.29, 1.82) is 0 Å². The summed E-state index contributed by atoms with van der Waals surface area (Å²) in [4.78, 5) is 13.9. The minimum Gasteiger partial charge on any atom is -0.378 e. The fraction of sp³-hybridized carbons (Fsp3) is 0.368. The van der Waals surface area contributed by atoms with Gasteiger partial charge in [0.2, 0.25) is 11.6 Å². The van der Waals surface area contributed by atoms with Crippen LogP contribution in [0.15, 0.2) is 36.7 Å². The summed E-state index contributed by atoms with van der Waals surface area (Å²) < 4.78 is 1.70. The van der Waals surface area contributed by atoms with Crippen LogP contribution in [0.1, 0.15) is 36.6 Å². The number of carbonyl (C=O) groups is 1. The van der Waals surface area contributed by atoms with E-state index in [1.165, 1.54) is 11.1 Å². The Morgan fingerprint density at radius 2 is 2.08 bits per heavy atom. The molecule has 0 radical (unpaired) electrons. The number of aryl methyl sites for hydroxylation is 1. The molecule has 0 bridgehead atoms. The first-order valence-corrected chi connectivity index (χ1v) is 9.03. The van der Waals surface area contributed by atoms with Crippen LogP contribution in [0.2, 0.25) is 0 Å². The van der Waals surface area contributed by atoms with Gasteiger partial charge in [-0.2, -0.15) is 9.61 Å². The molecule has 0 atom stereocenters. The molecule has 0 aliphatic carbocycles. The molecular weight excluding hydrogens is 328 g/mol. The van der Waals surface area contributed by atoms with Crippen molar-refractivity contribution in [3.63, 3.8) is 0 Å². The number of hydrogen-bond acceptors (Lipinski definition) is 5. The van der Waals surface area contributed by atoms with Gasteiger partial charge in [-0.25, -0.2) is 0 Å². The zero-order valence-electron chi connectivity index (χ0n) is 14.9. The van der Waals surface area contributed by atoms with Crippen LogP contribution in [0.4, 0.5) is 5.69 Å². The van der Waals surface area contributed by atoms with Gasteiger partial charge in [-0.15, -0.1) is 10.2 Å². The molecule has 1 aliphatic heterocycles. The van der Waals surface area contributed by atoms with Gasteiger partial charge in [0.05, 0.1) is 11.4 Å². The minimum atomic E-state index is 0.250. The van der Waals surface area contributed by atoms with Gasteiger partial charge in [-0.1, -0.05) is 31.2 Å². The number of likely N-dealkylation sites (tertiary alicyclic amines) is 1. The number of amides is 1. The molecule has 0 spiro atoms. The number of carbonyl (C=O) groups excluding carboxylic acids is 1. The first-order chi connectivity index (χ1) is 12.7. The quantitative estimate of drug-likeness (QED) is 0.739. The smallest absolute Gasteiger partial charge is 0.222 e. The lowest BCUT2D eigenvalue weighted by molar-refractivity contribution is -0.128. The molecule has 1 fully saturated rings. The second-order valence-corrected chi connectivity index (χ2v) is 6.54. The predicted molar refractivity (Wildman–Crippen MR) is 98.6 cm³/mol. The second-order valence-electron chi connectivity index (χ2n) is 6.54. The molecule has 3 heterocycles. The monoisotopic (exact) mass is 350 g/mol. The molecule has 0 saturated carbocycles. The van der Waals surface area contributed by atoms with Crippen molar-refractivity contribution < 1.29 is 4.79 Å². The predicted octanol–water partition coefficient (Wildman–Crippen LogP) is 2.42. The van der Waals surface area contributed by atoms with E-state index in [1.807, 2.05) is 23.1 Å². The fourth-order valence-electron chi connectivity index (χ4n) is 3.33. The van der Waals surface area contributed by atoms with Gasteiger partial charge in [0, 0.05) is 26.1 Å². The number of aromatic nitrogens is 4. The third-order valence-corrected chi connectivity index (χ3v) is 4.80. The highest BCUT2D eigenvalue weighted by atomic mass is 16.2. The lowest BCUT2D eigenvalue weighted by Gasteiger charge is -2.18. The summed E-state index contributed by atoms with van der Waals surface area (Å²) in [6.45, 7) is 4.26. The van der Waals surface area contributed by atoms with E-state index in [0.717, 1.165) is 36.4 Å². The summed E-state index contributed by atoms with van der Waals surface area (Å²) in [7, 11) is 0. The maximum atomic E-state index is 11.9. The lowest BCUT2D eigenvalue weighted by Crippen LogP contribution is -2.24. The Labute approximate surface area is 152 Å². The van der Waals surface area contributed by atoms with Crippen molar-refractivity contribution in [2.75, 3.05) is 11.9 Å². The maximum absolute atomic E-state index is 11.9. The van der Waals surface area contributed by atoms with Crippen LogP contribution >= 0.6 is 0 Å². The highest BCUT2D eigenvalue weighted by molar-refractivity contribution is 5.78. The maximum Gasteiger partial charge on any atom is 0.222 e. The highest BCUT2D eigenvalue weighted by Gasteiger charge is 2.20. The van der Waals surface area contributed by atoms with Crippen molar-refractivity contribution >= 4 is 17.2 Å². The second kappa shape index (κ2) is 7.11. The standard InChI is InChI=1S/C19H22N6O/c1-2-16-10-17(19-22-21-13-25(19)23-16)20-11-14-6-3-4-7-15(14)12-24-9-5-8-18(24)26/h3-4,6-7,10,13,20H,2,5,8-9,11-12H2,1H3. The molecule has 7 heteroatoms. The minimum absolute atomic E-state index is 0.250. The lowest BCUT2D eigenvalue weighted by atomic mass is 10.1. The summed E-state index contributed by atoms with van der Waals surface area (Å²) in [6, 6.07) is 10.3. The number of fused-ring (bicyclic) bond motifs is 1. The average molecular weight is 350 g/mol. The molecule has 7 nitrogen and oxygen atoms in total. The number of anilines is 1. The SMILES string of the molecule is CCc1cc(NCc2ccccc2CN2CCCC2=O)c2nncn2n1. The largest absolute Gasteiger partial charge is 0.378 e. The molecule has 1 aromatic carbocycles. The van der Waals surface area contributed by atoms with E-state index in [-0.39, 0.29) is 5.91 Å². The highest BCUT2D eigenvalue weighted by Crippen LogP contribution is 2.20. The summed E-state index contributed by atoms with van der Waals surface area (Å²) in [5.74, 6) is 0.250. The molecule has 26 heavy (non-hydrogen) atoms. The van der Waals surface area contributed by atoms with Gasteiger partial charge >= 0.3 is 0 Å². The zero-order chi connectivity index (χ0) is 17.9. The third kappa shape index (κ3) is 3.24. The summed E-state index contributed by atoms with van der Waals surface area (Å²) >= 11 is 0. The Balaban J connectivity index is 1.55. The molecule has 2 aromatic heterocycles. The number of hydrogen-bond donors (Lipinski definition) is 1. The number of nitrogens with zero attached hydrogens (tertiary/aromatic N) is 5. The van der Waals surface area contributed by atoms with E-state index in [2.05, 4.69) is 39.7 Å². The molecule has 3 aromatic rings. The van der Waals surface area contributed by atoms with Crippen LogP contribution in [0, 0.1) is 0 Å². The molecule has 134 valence electrons. The molecule has 1 aliphatic rings. The number of rotatable bonds is 6. The van der Waals surface area contributed by atoms with Crippen molar-refractivity contribution in [2.45, 2.75) is 39.3 Å². The van der Waals surface area contributed by atoms with Gasteiger partial charge < -0.3 is 10.2 Å². The van der Waals surface area contributed by atoms with E-state index in [1.54, 1.807) is 10.8 Å². The van der Waals surface area contributed by atoms with Gasteiger partial charge in [-0.05, 0) is 30.0 Å². The van der Waals surface area contributed by atoms with Gasteiger partial charge in [0.15, 0.2) is 0 Å². The first-order valence-electron chi connectivity index (χ1n) is 9.03. The zero-order valence-corrected chi connectivity index (χ0v) is 14.9. The Kier molecular flexibility index (Phi) is 4.51. The Morgan fingerprint density at radius 3 is 2.85 bits per heavy atom. The topological polar surface area (TPSA) is 75.4 Å². The van der Waals surface area contributed by atoms with Crippen LogP contribution in [0.3, 0.4) is 0 Å². The van der Waals surface area contributed by atoms with Crippen LogP contribution in [0.25, 0.3) is 5.65 Å². The molecule has 1 saturated heterocycles. The first kappa shape index (κ1) is 16.5. The Morgan fingerprint density at radius 1 is 1.23 bits per heavy atom. The molecule has 1 N–H and O–H groups in total. The average Bonchev–Trinajstić information content (AvgIpc) is 3.29. The van der Waals surface area contributed by atoms with Crippen molar-refractivity contribution in [1.82, 2.24) is 24.7 Å². The third-order valence-electron chi connectivity index (χ3n) is 4.80. The van der Waals surface area contributed by atoms with Crippen LogP contribution in [-0.4, -0.2) is 37.2 Å². The van der Waals surface area contributed by atoms with Crippen molar-refractivity contribution in [3.05, 3.63) is 53.5 Å². The Hall–Kier alpha value is -2.96. The molecule has 4 rings (SSSR count). The molecule has 0 unspecified atom stereocenters. The van der Waals surface area contributed by atoms with E-state index < -0.39 is 0 Å². The van der Waals surface area contributed by atoms with E-state index in [4.69, 9.17) is 0 Å². The van der Waals surface area contributed by atoms with Crippen LogP contribution in [0.5, 0.6) is 0 Å². The fourth-order valence-corrected chi connectivity index (χ4v) is 3.33. The molecular formula is C19H22N6O. The number of nitrogens with one attached hydrogen (secondary N) is 1. The van der Waals surface area contributed by atoms with Crippen molar-refractivity contribution in [3.8, 4) is 0 Å².